The van der Waals surface area contributed by atoms with Gasteiger partial charge in [-0.1, -0.05) is 23.7 Å². The van der Waals surface area contributed by atoms with Crippen LogP contribution in [0, 0.1) is 0 Å². The molecule has 7 nitrogen and oxygen atoms in total. The molecule has 0 fully saturated rings. The van der Waals surface area contributed by atoms with E-state index in [2.05, 4.69) is 25.3 Å². The van der Waals surface area contributed by atoms with Crippen LogP contribution >= 0.6 is 11.6 Å². The Bertz CT molecular complexity index is 812. The minimum absolute atomic E-state index is 0.137. The van der Waals surface area contributed by atoms with E-state index in [1.165, 1.54) is 12.1 Å². The second-order valence-corrected chi connectivity index (χ2v) is 7.23. The number of halogens is 1. The molecular formula is C16H20ClN5O2S. The van der Waals surface area contributed by atoms with Crippen molar-refractivity contribution < 1.29 is 8.42 Å². The van der Waals surface area contributed by atoms with Crippen LogP contribution < -0.4 is 15.4 Å². The fraction of sp³-hybridized carbons (Fsp3) is 0.250. The fourth-order valence-electron chi connectivity index (χ4n) is 1.98. The van der Waals surface area contributed by atoms with Crippen molar-refractivity contribution in [2.75, 3.05) is 20.1 Å². The smallest absolute Gasteiger partial charge is 0.240 e. The monoisotopic (exact) mass is 381 g/mol. The van der Waals surface area contributed by atoms with Gasteiger partial charge in [-0.3, -0.25) is 9.98 Å². The van der Waals surface area contributed by atoms with Gasteiger partial charge >= 0.3 is 0 Å². The molecule has 0 spiro atoms. The summed E-state index contributed by atoms with van der Waals surface area (Å²) < 4.78 is 26.8. The maximum Gasteiger partial charge on any atom is 0.240 e. The summed E-state index contributed by atoms with van der Waals surface area (Å²) in [7, 11) is -1.94. The summed E-state index contributed by atoms with van der Waals surface area (Å²) in [6.45, 7) is 1.11. The molecule has 1 heterocycles. The Morgan fingerprint density at radius 3 is 2.68 bits per heavy atom. The van der Waals surface area contributed by atoms with Crippen molar-refractivity contribution in [2.24, 2.45) is 4.99 Å². The Kier molecular flexibility index (Phi) is 7.17. The molecule has 9 heteroatoms. The van der Waals surface area contributed by atoms with E-state index in [1.807, 2.05) is 18.2 Å². The predicted molar refractivity (Wildman–Crippen MR) is 99.1 cm³/mol. The van der Waals surface area contributed by atoms with E-state index < -0.39 is 10.0 Å². The first kappa shape index (κ1) is 19.2. The lowest BCUT2D eigenvalue weighted by Crippen LogP contribution is -2.41. The molecule has 3 N–H and O–H groups in total. The Labute approximate surface area is 152 Å². The zero-order valence-electron chi connectivity index (χ0n) is 13.7. The molecule has 0 atom stereocenters. The summed E-state index contributed by atoms with van der Waals surface area (Å²) in [5.74, 6) is 0.563. The lowest BCUT2D eigenvalue weighted by molar-refractivity contribution is 0.580. The van der Waals surface area contributed by atoms with Crippen molar-refractivity contribution in [3.8, 4) is 0 Å². The third kappa shape index (κ3) is 6.33. The molecule has 1 aromatic carbocycles. The standard InChI is InChI=1S/C16H20ClN5O2S/c1-18-16(21-12-14-6-2-3-8-19-14)20-9-10-22-25(23,24)15-7-4-5-13(17)11-15/h2-8,11,22H,9-10,12H2,1H3,(H2,18,20,21). The number of pyridine rings is 1. The maximum atomic E-state index is 12.2. The third-order valence-electron chi connectivity index (χ3n) is 3.20. The molecule has 0 aliphatic rings. The summed E-state index contributed by atoms with van der Waals surface area (Å²) in [5, 5.41) is 6.51. The van der Waals surface area contributed by atoms with Gasteiger partial charge in [0, 0.05) is 31.4 Å². The van der Waals surface area contributed by atoms with Crippen LogP contribution in [0.4, 0.5) is 0 Å². The highest BCUT2D eigenvalue weighted by Gasteiger charge is 2.13. The van der Waals surface area contributed by atoms with E-state index in [-0.39, 0.29) is 11.4 Å². The molecule has 0 bridgehead atoms. The number of rotatable bonds is 7. The molecule has 0 unspecified atom stereocenters. The molecule has 1 aromatic heterocycles. The van der Waals surface area contributed by atoms with E-state index in [4.69, 9.17) is 11.6 Å². The zero-order valence-corrected chi connectivity index (χ0v) is 15.3. The maximum absolute atomic E-state index is 12.2. The average Bonchev–Trinajstić information content (AvgIpc) is 2.62. The second-order valence-electron chi connectivity index (χ2n) is 5.03. The number of aromatic nitrogens is 1. The van der Waals surface area contributed by atoms with Crippen LogP contribution in [0.3, 0.4) is 0 Å². The van der Waals surface area contributed by atoms with Gasteiger partial charge in [0.2, 0.25) is 10.0 Å². The van der Waals surface area contributed by atoms with E-state index in [9.17, 15) is 8.42 Å². The summed E-state index contributed by atoms with van der Waals surface area (Å²) in [6.07, 6.45) is 1.72. The van der Waals surface area contributed by atoms with Crippen LogP contribution in [0.5, 0.6) is 0 Å². The Balaban J connectivity index is 1.77. The SMILES string of the molecule is CN=C(NCCNS(=O)(=O)c1cccc(Cl)c1)NCc1ccccn1. The highest BCUT2D eigenvalue weighted by atomic mass is 35.5. The number of guanidine groups is 1. The lowest BCUT2D eigenvalue weighted by Gasteiger charge is -2.12. The molecule has 0 radical (unpaired) electrons. The van der Waals surface area contributed by atoms with Gasteiger partial charge in [-0.05, 0) is 30.3 Å². The van der Waals surface area contributed by atoms with Crippen molar-refractivity contribution >= 4 is 27.6 Å². The molecule has 0 saturated heterocycles. The van der Waals surface area contributed by atoms with E-state index in [1.54, 1.807) is 25.4 Å². The highest BCUT2D eigenvalue weighted by molar-refractivity contribution is 7.89. The van der Waals surface area contributed by atoms with Gasteiger partial charge < -0.3 is 10.6 Å². The normalized spacial score (nSPS) is 12.0. The Morgan fingerprint density at radius 2 is 2.00 bits per heavy atom. The molecular weight excluding hydrogens is 362 g/mol. The largest absolute Gasteiger partial charge is 0.355 e. The molecule has 0 aliphatic heterocycles. The van der Waals surface area contributed by atoms with Crippen LogP contribution in [0.2, 0.25) is 5.02 Å². The number of benzene rings is 1. The molecule has 0 aliphatic carbocycles. The average molecular weight is 382 g/mol. The highest BCUT2D eigenvalue weighted by Crippen LogP contribution is 2.14. The molecule has 0 saturated carbocycles. The van der Waals surface area contributed by atoms with Crippen molar-refractivity contribution in [3.63, 3.8) is 0 Å². The van der Waals surface area contributed by atoms with Crippen LogP contribution in [0.1, 0.15) is 5.69 Å². The minimum Gasteiger partial charge on any atom is -0.355 e. The van der Waals surface area contributed by atoms with Gasteiger partial charge in [-0.2, -0.15) is 0 Å². The van der Waals surface area contributed by atoms with Crippen molar-refractivity contribution in [2.45, 2.75) is 11.4 Å². The predicted octanol–water partition coefficient (Wildman–Crippen LogP) is 1.38. The summed E-state index contributed by atoms with van der Waals surface area (Å²) >= 11 is 5.82. The minimum atomic E-state index is -3.59. The number of hydrogen-bond acceptors (Lipinski definition) is 4. The molecule has 2 aromatic rings. The quantitative estimate of drug-likeness (QED) is 0.382. The number of nitrogens with one attached hydrogen (secondary N) is 3. The first-order valence-electron chi connectivity index (χ1n) is 7.61. The molecule has 2 rings (SSSR count). The summed E-state index contributed by atoms with van der Waals surface area (Å²) in [4.78, 5) is 8.42. The van der Waals surface area contributed by atoms with Crippen molar-refractivity contribution in [1.82, 2.24) is 20.3 Å². The molecule has 134 valence electrons. The van der Waals surface area contributed by atoms with E-state index in [0.717, 1.165) is 5.69 Å². The van der Waals surface area contributed by atoms with Gasteiger partial charge in [0.1, 0.15) is 0 Å². The second kappa shape index (κ2) is 9.36. The fourth-order valence-corrected chi connectivity index (χ4v) is 3.31. The van der Waals surface area contributed by atoms with Crippen LogP contribution in [-0.4, -0.2) is 39.5 Å². The van der Waals surface area contributed by atoms with Gasteiger partial charge in [0.05, 0.1) is 17.1 Å². The van der Waals surface area contributed by atoms with Gasteiger partial charge in [0.25, 0.3) is 0 Å². The van der Waals surface area contributed by atoms with Crippen LogP contribution in [-0.2, 0) is 16.6 Å². The molecule has 0 amide bonds. The number of sulfonamides is 1. The first-order chi connectivity index (χ1) is 12.0. The van der Waals surface area contributed by atoms with Gasteiger partial charge in [-0.15, -0.1) is 0 Å². The van der Waals surface area contributed by atoms with Crippen LogP contribution in [0.15, 0.2) is 58.5 Å². The van der Waals surface area contributed by atoms with E-state index in [0.29, 0.717) is 24.1 Å². The first-order valence-corrected chi connectivity index (χ1v) is 9.47. The third-order valence-corrected chi connectivity index (χ3v) is 4.90. The number of aliphatic imine (C=N–C) groups is 1. The van der Waals surface area contributed by atoms with E-state index >= 15 is 0 Å². The summed E-state index contributed by atoms with van der Waals surface area (Å²) in [5.41, 5.74) is 0.882. The van der Waals surface area contributed by atoms with Gasteiger partial charge in [-0.25, -0.2) is 13.1 Å². The topological polar surface area (TPSA) is 95.5 Å². The number of nitrogens with zero attached hydrogens (tertiary/aromatic N) is 2. The van der Waals surface area contributed by atoms with Crippen molar-refractivity contribution in [3.05, 3.63) is 59.4 Å². The Hall–Kier alpha value is -2.16. The number of hydrogen-bond donors (Lipinski definition) is 3. The summed E-state index contributed by atoms with van der Waals surface area (Å²) in [6, 6.07) is 11.8. The van der Waals surface area contributed by atoms with Gasteiger partial charge in [0.15, 0.2) is 5.96 Å². The lowest BCUT2D eigenvalue weighted by atomic mass is 10.3. The van der Waals surface area contributed by atoms with Crippen LogP contribution in [0.25, 0.3) is 0 Å². The Morgan fingerprint density at radius 1 is 1.16 bits per heavy atom. The van der Waals surface area contributed by atoms with Crippen molar-refractivity contribution in [1.29, 1.82) is 0 Å². The zero-order chi connectivity index (χ0) is 18.1. The molecule has 25 heavy (non-hydrogen) atoms.